The topological polar surface area (TPSA) is 32.3 Å². The molecule has 0 saturated heterocycles. The molecule has 0 fully saturated rings. The summed E-state index contributed by atoms with van der Waals surface area (Å²) in [6, 6.07) is 10.7. The number of nitrogens with zero attached hydrogens (tertiary/aromatic N) is 1. The monoisotopic (exact) mass is 318 g/mol. The molecule has 3 nitrogen and oxygen atoms in total. The Morgan fingerprint density at radius 1 is 1.13 bits per heavy atom. The average Bonchev–Trinajstić information content (AvgIpc) is 2.56. The SMILES string of the molecule is CCN(C)c1ccc(C(=O)NCCc2ccc(F)cc2F)cc1. The van der Waals surface area contributed by atoms with Crippen molar-refractivity contribution in [3.8, 4) is 0 Å². The van der Waals surface area contributed by atoms with Crippen molar-refractivity contribution in [2.24, 2.45) is 0 Å². The maximum Gasteiger partial charge on any atom is 0.251 e. The summed E-state index contributed by atoms with van der Waals surface area (Å²) in [5.41, 5.74) is 1.97. The lowest BCUT2D eigenvalue weighted by molar-refractivity contribution is 0.0954. The number of amides is 1. The molecule has 1 N–H and O–H groups in total. The van der Waals surface area contributed by atoms with Gasteiger partial charge in [0, 0.05) is 37.5 Å². The second-order valence-electron chi connectivity index (χ2n) is 5.30. The number of carbonyl (C=O) groups excluding carboxylic acids is 1. The summed E-state index contributed by atoms with van der Waals surface area (Å²) in [6.45, 7) is 3.22. The van der Waals surface area contributed by atoms with Crippen molar-refractivity contribution in [1.29, 1.82) is 0 Å². The van der Waals surface area contributed by atoms with Gasteiger partial charge in [0.2, 0.25) is 0 Å². The molecule has 0 aromatic heterocycles. The van der Waals surface area contributed by atoms with Gasteiger partial charge in [-0.05, 0) is 49.2 Å². The van der Waals surface area contributed by atoms with E-state index in [2.05, 4.69) is 17.1 Å². The molecule has 0 spiro atoms. The Kier molecular flexibility index (Phi) is 5.68. The van der Waals surface area contributed by atoms with Crippen molar-refractivity contribution >= 4 is 11.6 Å². The van der Waals surface area contributed by atoms with Crippen LogP contribution in [0, 0.1) is 11.6 Å². The van der Waals surface area contributed by atoms with Crippen LogP contribution in [-0.2, 0) is 6.42 Å². The number of benzene rings is 2. The van der Waals surface area contributed by atoms with Crippen LogP contribution in [0.5, 0.6) is 0 Å². The first-order valence-electron chi connectivity index (χ1n) is 7.54. The molecule has 0 aliphatic rings. The van der Waals surface area contributed by atoms with Crippen molar-refractivity contribution in [2.45, 2.75) is 13.3 Å². The highest BCUT2D eigenvalue weighted by Gasteiger charge is 2.08. The number of halogens is 2. The number of hydrogen-bond acceptors (Lipinski definition) is 2. The quantitative estimate of drug-likeness (QED) is 0.885. The highest BCUT2D eigenvalue weighted by atomic mass is 19.1. The molecule has 0 heterocycles. The van der Waals surface area contributed by atoms with Gasteiger partial charge in [-0.1, -0.05) is 6.07 Å². The highest BCUT2D eigenvalue weighted by Crippen LogP contribution is 2.13. The average molecular weight is 318 g/mol. The summed E-state index contributed by atoms with van der Waals surface area (Å²) in [5, 5.41) is 2.74. The number of carbonyl (C=O) groups is 1. The predicted octanol–water partition coefficient (Wildman–Crippen LogP) is 3.39. The fourth-order valence-corrected chi connectivity index (χ4v) is 2.19. The van der Waals surface area contributed by atoms with Crippen LogP contribution in [0.4, 0.5) is 14.5 Å². The summed E-state index contributed by atoms with van der Waals surface area (Å²) in [6.07, 6.45) is 0.314. The predicted molar refractivity (Wildman–Crippen MR) is 87.8 cm³/mol. The Labute approximate surface area is 134 Å². The fourth-order valence-electron chi connectivity index (χ4n) is 2.19. The fraction of sp³-hybridized carbons (Fsp3) is 0.278. The van der Waals surface area contributed by atoms with Crippen LogP contribution in [0.3, 0.4) is 0 Å². The van der Waals surface area contributed by atoms with Crippen molar-refractivity contribution in [1.82, 2.24) is 5.32 Å². The summed E-state index contributed by atoms with van der Waals surface area (Å²) < 4.78 is 26.3. The van der Waals surface area contributed by atoms with E-state index in [1.54, 1.807) is 12.1 Å². The molecule has 1 amide bonds. The standard InChI is InChI=1S/C18H20F2N2O/c1-3-22(2)16-8-5-14(6-9-16)18(23)21-11-10-13-4-7-15(19)12-17(13)20/h4-9,12H,3,10-11H2,1-2H3,(H,21,23). The molecule has 0 aliphatic carbocycles. The summed E-state index contributed by atoms with van der Waals surface area (Å²) in [5.74, 6) is -1.41. The van der Waals surface area contributed by atoms with Gasteiger partial charge in [-0.2, -0.15) is 0 Å². The molecular formula is C18H20F2N2O. The molecule has 0 aliphatic heterocycles. The molecule has 0 saturated carbocycles. The number of rotatable bonds is 6. The van der Waals surface area contributed by atoms with E-state index in [-0.39, 0.29) is 12.5 Å². The van der Waals surface area contributed by atoms with Crippen LogP contribution in [0.2, 0.25) is 0 Å². The number of nitrogens with one attached hydrogen (secondary N) is 1. The third-order valence-electron chi connectivity index (χ3n) is 3.74. The maximum absolute atomic E-state index is 13.5. The molecule has 122 valence electrons. The molecule has 5 heteroatoms. The van der Waals surface area contributed by atoms with E-state index in [0.29, 0.717) is 17.5 Å². The lowest BCUT2D eigenvalue weighted by atomic mass is 10.1. The van der Waals surface area contributed by atoms with Crippen LogP contribution in [-0.4, -0.2) is 26.0 Å². The number of hydrogen-bond donors (Lipinski definition) is 1. The largest absolute Gasteiger partial charge is 0.375 e. The van der Waals surface area contributed by atoms with Crippen LogP contribution in [0.1, 0.15) is 22.8 Å². The van der Waals surface area contributed by atoms with Crippen molar-refractivity contribution in [3.63, 3.8) is 0 Å². The highest BCUT2D eigenvalue weighted by molar-refractivity contribution is 5.94. The van der Waals surface area contributed by atoms with Crippen molar-refractivity contribution < 1.29 is 13.6 Å². The summed E-state index contributed by atoms with van der Waals surface area (Å²) in [4.78, 5) is 14.1. The van der Waals surface area contributed by atoms with Gasteiger partial charge in [0.25, 0.3) is 5.91 Å². The van der Waals surface area contributed by atoms with Gasteiger partial charge in [-0.3, -0.25) is 4.79 Å². The molecular weight excluding hydrogens is 298 g/mol. The first-order valence-corrected chi connectivity index (χ1v) is 7.54. The van der Waals surface area contributed by atoms with E-state index in [4.69, 9.17) is 0 Å². The van der Waals surface area contributed by atoms with Gasteiger partial charge in [-0.25, -0.2) is 8.78 Å². The molecule has 0 bridgehead atoms. The Bertz CT molecular complexity index is 671. The molecule has 0 atom stereocenters. The van der Waals surface area contributed by atoms with E-state index in [1.165, 1.54) is 12.1 Å². The van der Waals surface area contributed by atoms with E-state index in [1.807, 2.05) is 19.2 Å². The van der Waals surface area contributed by atoms with Crippen molar-refractivity contribution in [2.75, 3.05) is 25.0 Å². The number of anilines is 1. The smallest absolute Gasteiger partial charge is 0.251 e. The normalized spacial score (nSPS) is 10.4. The van der Waals surface area contributed by atoms with Gasteiger partial charge >= 0.3 is 0 Å². The van der Waals surface area contributed by atoms with E-state index in [0.717, 1.165) is 18.3 Å². The van der Waals surface area contributed by atoms with Crippen LogP contribution in [0.25, 0.3) is 0 Å². The minimum atomic E-state index is -0.604. The first kappa shape index (κ1) is 16.9. The Morgan fingerprint density at radius 3 is 2.43 bits per heavy atom. The molecule has 0 radical (unpaired) electrons. The molecule has 0 unspecified atom stereocenters. The van der Waals surface area contributed by atoms with Crippen LogP contribution >= 0.6 is 0 Å². The lowest BCUT2D eigenvalue weighted by Crippen LogP contribution is -2.26. The zero-order chi connectivity index (χ0) is 16.8. The molecule has 23 heavy (non-hydrogen) atoms. The zero-order valence-electron chi connectivity index (χ0n) is 13.3. The van der Waals surface area contributed by atoms with Gasteiger partial charge in [-0.15, -0.1) is 0 Å². The Balaban J connectivity index is 1.89. The zero-order valence-corrected chi connectivity index (χ0v) is 13.3. The van der Waals surface area contributed by atoms with Gasteiger partial charge < -0.3 is 10.2 Å². The second kappa shape index (κ2) is 7.72. The summed E-state index contributed by atoms with van der Waals surface area (Å²) in [7, 11) is 1.98. The van der Waals surface area contributed by atoms with E-state index < -0.39 is 11.6 Å². The first-order chi connectivity index (χ1) is 11.0. The minimum absolute atomic E-state index is 0.210. The van der Waals surface area contributed by atoms with Gasteiger partial charge in [0.1, 0.15) is 11.6 Å². The lowest BCUT2D eigenvalue weighted by Gasteiger charge is -2.16. The minimum Gasteiger partial charge on any atom is -0.375 e. The molecule has 2 aromatic carbocycles. The third-order valence-corrected chi connectivity index (χ3v) is 3.74. The summed E-state index contributed by atoms with van der Waals surface area (Å²) >= 11 is 0. The van der Waals surface area contributed by atoms with E-state index in [9.17, 15) is 13.6 Å². The van der Waals surface area contributed by atoms with E-state index >= 15 is 0 Å². The van der Waals surface area contributed by atoms with Gasteiger partial charge in [0.15, 0.2) is 0 Å². The molecule has 2 rings (SSSR count). The Morgan fingerprint density at radius 2 is 1.83 bits per heavy atom. The molecule has 2 aromatic rings. The van der Waals surface area contributed by atoms with Gasteiger partial charge in [0.05, 0.1) is 0 Å². The van der Waals surface area contributed by atoms with Crippen LogP contribution < -0.4 is 10.2 Å². The second-order valence-corrected chi connectivity index (χ2v) is 5.30. The van der Waals surface area contributed by atoms with Crippen LogP contribution in [0.15, 0.2) is 42.5 Å². The third kappa shape index (κ3) is 4.52. The maximum atomic E-state index is 13.5. The Hall–Kier alpha value is -2.43. The van der Waals surface area contributed by atoms with Crippen molar-refractivity contribution in [3.05, 3.63) is 65.2 Å².